The van der Waals surface area contributed by atoms with Crippen LogP contribution in [0.3, 0.4) is 0 Å². The van der Waals surface area contributed by atoms with Crippen molar-refractivity contribution in [3.05, 3.63) is 63.8 Å². The lowest BCUT2D eigenvalue weighted by atomic mass is 10.2. The zero-order valence-corrected chi connectivity index (χ0v) is 14.4. The molecule has 3 aromatic rings. The summed E-state index contributed by atoms with van der Waals surface area (Å²) in [4.78, 5) is 35.7. The van der Waals surface area contributed by atoms with E-state index in [1.807, 2.05) is 0 Å². The van der Waals surface area contributed by atoms with Gasteiger partial charge in [-0.1, -0.05) is 0 Å². The zero-order chi connectivity index (χ0) is 19.6. The molecular weight excluding hydrogens is 359 g/mol. The molecule has 1 aromatic carbocycles. The number of aryl methyl sites for hydroxylation is 2. The van der Waals surface area contributed by atoms with Gasteiger partial charge in [0.1, 0.15) is 23.9 Å². The maximum Gasteiger partial charge on any atom is 0.437 e. The molecule has 0 spiro atoms. The normalized spacial score (nSPS) is 10.6. The zero-order valence-electron chi connectivity index (χ0n) is 14.4. The average molecular weight is 374 g/mol. The van der Waals surface area contributed by atoms with Crippen molar-refractivity contribution in [2.45, 2.75) is 20.4 Å². The van der Waals surface area contributed by atoms with Crippen molar-refractivity contribution in [3.63, 3.8) is 0 Å². The van der Waals surface area contributed by atoms with Gasteiger partial charge < -0.3 is 8.83 Å². The molecular formula is C17H15FN4O5. The molecule has 0 atom stereocenters. The highest BCUT2D eigenvalue weighted by Gasteiger charge is 2.16. The Morgan fingerprint density at radius 2 is 1.85 bits per heavy atom. The number of hydrazine groups is 1. The predicted octanol–water partition coefficient (Wildman–Crippen LogP) is 1.31. The molecule has 0 fully saturated rings. The van der Waals surface area contributed by atoms with Crippen molar-refractivity contribution in [1.82, 2.24) is 20.6 Å². The molecule has 0 saturated carbocycles. The molecule has 0 bridgehead atoms. The number of hydrogen-bond acceptors (Lipinski definition) is 6. The fourth-order valence-corrected chi connectivity index (χ4v) is 2.34. The third kappa shape index (κ3) is 4.11. The molecule has 0 saturated heterocycles. The number of aromatic nitrogens is 2. The predicted molar refractivity (Wildman–Crippen MR) is 89.9 cm³/mol. The van der Waals surface area contributed by atoms with Crippen LogP contribution in [-0.4, -0.2) is 21.6 Å². The molecule has 27 heavy (non-hydrogen) atoms. The Bertz CT molecular complexity index is 1050. The number of halogens is 1. The highest BCUT2D eigenvalue weighted by Crippen LogP contribution is 2.15. The van der Waals surface area contributed by atoms with Crippen LogP contribution in [0, 0.1) is 19.7 Å². The van der Waals surface area contributed by atoms with Gasteiger partial charge in [0.05, 0.1) is 5.56 Å². The van der Waals surface area contributed by atoms with Crippen LogP contribution in [0.25, 0.3) is 11.5 Å². The molecule has 140 valence electrons. The van der Waals surface area contributed by atoms with Crippen LogP contribution in [0.2, 0.25) is 0 Å². The minimum Gasteiger partial charge on any atom is -0.466 e. The van der Waals surface area contributed by atoms with Gasteiger partial charge >= 0.3 is 5.76 Å². The van der Waals surface area contributed by atoms with Crippen molar-refractivity contribution in [3.8, 4) is 11.5 Å². The number of nitrogens with zero attached hydrogens (tertiary/aromatic N) is 2. The lowest BCUT2D eigenvalue weighted by Gasteiger charge is -2.05. The van der Waals surface area contributed by atoms with Crippen LogP contribution in [0.15, 0.2) is 44.0 Å². The van der Waals surface area contributed by atoms with Gasteiger partial charge in [0, 0.05) is 5.56 Å². The maximum atomic E-state index is 12.9. The van der Waals surface area contributed by atoms with Crippen molar-refractivity contribution >= 4 is 11.8 Å². The molecule has 2 N–H and O–H groups in total. The summed E-state index contributed by atoms with van der Waals surface area (Å²) in [5, 5.41) is 3.88. The molecule has 2 amide bonds. The number of amides is 2. The molecule has 2 heterocycles. The third-order valence-electron chi connectivity index (χ3n) is 3.59. The van der Waals surface area contributed by atoms with Gasteiger partial charge in [-0.3, -0.25) is 20.4 Å². The van der Waals surface area contributed by atoms with Crippen LogP contribution in [-0.2, 0) is 11.3 Å². The summed E-state index contributed by atoms with van der Waals surface area (Å²) in [6.07, 6.45) is 0. The van der Waals surface area contributed by atoms with Gasteiger partial charge in [-0.05, 0) is 44.2 Å². The fourth-order valence-electron chi connectivity index (χ4n) is 2.34. The smallest absolute Gasteiger partial charge is 0.437 e. The molecule has 0 aliphatic carbocycles. The second kappa shape index (κ2) is 7.28. The van der Waals surface area contributed by atoms with Gasteiger partial charge in [-0.15, -0.1) is 5.10 Å². The van der Waals surface area contributed by atoms with Crippen LogP contribution in [0.4, 0.5) is 4.39 Å². The second-order valence-corrected chi connectivity index (χ2v) is 5.67. The average Bonchev–Trinajstić information content (AvgIpc) is 3.15. The summed E-state index contributed by atoms with van der Waals surface area (Å²) >= 11 is 0. The summed E-state index contributed by atoms with van der Waals surface area (Å²) in [6, 6.07) is 6.70. The SMILES string of the molecule is Cc1cc(C(=O)NNC(=O)Cn2nc(-c3ccc(F)cc3)oc2=O)c(C)o1. The van der Waals surface area contributed by atoms with E-state index in [0.717, 1.165) is 4.68 Å². The monoisotopic (exact) mass is 374 g/mol. The van der Waals surface area contributed by atoms with Crippen molar-refractivity contribution in [1.29, 1.82) is 0 Å². The third-order valence-corrected chi connectivity index (χ3v) is 3.59. The highest BCUT2D eigenvalue weighted by atomic mass is 19.1. The van der Waals surface area contributed by atoms with Crippen molar-refractivity contribution < 1.29 is 22.8 Å². The quantitative estimate of drug-likeness (QED) is 0.665. The number of hydrogen-bond donors (Lipinski definition) is 2. The molecule has 0 unspecified atom stereocenters. The first-order valence-electron chi connectivity index (χ1n) is 7.83. The van der Waals surface area contributed by atoms with E-state index in [2.05, 4.69) is 16.0 Å². The van der Waals surface area contributed by atoms with E-state index in [9.17, 15) is 18.8 Å². The lowest BCUT2D eigenvalue weighted by Crippen LogP contribution is -2.44. The molecule has 10 heteroatoms. The number of nitrogens with one attached hydrogen (secondary N) is 2. The standard InChI is InChI=1S/C17H15FN4O5/c1-9-7-13(10(2)26-9)15(24)20-19-14(23)8-22-17(25)27-16(21-22)11-3-5-12(18)6-4-11/h3-7H,8H2,1-2H3,(H,19,23)(H,20,24). The minimum absolute atomic E-state index is 0.0543. The van der Waals surface area contributed by atoms with E-state index in [0.29, 0.717) is 17.1 Å². The van der Waals surface area contributed by atoms with Crippen LogP contribution in [0.1, 0.15) is 21.9 Å². The second-order valence-electron chi connectivity index (χ2n) is 5.67. The number of carbonyl (C=O) groups excluding carboxylic acids is 2. The summed E-state index contributed by atoms with van der Waals surface area (Å²) in [5.41, 5.74) is 5.07. The van der Waals surface area contributed by atoms with E-state index in [1.54, 1.807) is 13.8 Å². The van der Waals surface area contributed by atoms with Gasteiger partial charge in [-0.2, -0.15) is 4.68 Å². The summed E-state index contributed by atoms with van der Waals surface area (Å²) in [5.74, 6) is -1.64. The Morgan fingerprint density at radius 3 is 2.48 bits per heavy atom. The van der Waals surface area contributed by atoms with Crippen molar-refractivity contribution in [2.24, 2.45) is 0 Å². The Hall–Kier alpha value is -3.69. The molecule has 0 aliphatic heterocycles. The lowest BCUT2D eigenvalue weighted by molar-refractivity contribution is -0.122. The number of carbonyl (C=O) groups is 2. The Balaban J connectivity index is 1.63. The first-order chi connectivity index (χ1) is 12.8. The Kier molecular flexibility index (Phi) is 4.88. The van der Waals surface area contributed by atoms with Gasteiger partial charge in [-0.25, -0.2) is 9.18 Å². The maximum absolute atomic E-state index is 12.9. The molecule has 0 aliphatic rings. The summed E-state index contributed by atoms with van der Waals surface area (Å²) in [7, 11) is 0. The topological polar surface area (TPSA) is 119 Å². The highest BCUT2D eigenvalue weighted by molar-refractivity contribution is 5.96. The number of furan rings is 1. The molecule has 3 rings (SSSR count). The van der Waals surface area contributed by atoms with Gasteiger partial charge in [0.15, 0.2) is 0 Å². The van der Waals surface area contributed by atoms with Crippen LogP contribution < -0.4 is 16.6 Å². The van der Waals surface area contributed by atoms with E-state index in [-0.39, 0.29) is 11.5 Å². The van der Waals surface area contributed by atoms with E-state index in [1.165, 1.54) is 30.3 Å². The minimum atomic E-state index is -0.864. The molecule has 2 aromatic heterocycles. The Morgan fingerprint density at radius 1 is 1.15 bits per heavy atom. The first-order valence-corrected chi connectivity index (χ1v) is 7.83. The first kappa shape index (κ1) is 18.1. The van der Waals surface area contributed by atoms with Crippen LogP contribution in [0.5, 0.6) is 0 Å². The van der Waals surface area contributed by atoms with Gasteiger partial charge in [0.25, 0.3) is 11.8 Å². The van der Waals surface area contributed by atoms with Crippen LogP contribution >= 0.6 is 0 Å². The van der Waals surface area contributed by atoms with E-state index in [4.69, 9.17) is 8.83 Å². The van der Waals surface area contributed by atoms with Gasteiger partial charge in [0.2, 0.25) is 5.89 Å². The van der Waals surface area contributed by atoms with Crippen molar-refractivity contribution in [2.75, 3.05) is 0 Å². The molecule has 0 radical (unpaired) electrons. The largest absolute Gasteiger partial charge is 0.466 e. The summed E-state index contributed by atoms with van der Waals surface area (Å²) < 4.78 is 23.9. The van der Waals surface area contributed by atoms with E-state index >= 15 is 0 Å². The molecule has 9 nitrogen and oxygen atoms in total. The Labute approximate surface area is 151 Å². The number of benzene rings is 1. The summed E-state index contributed by atoms with van der Waals surface area (Å²) in [6.45, 7) is 2.83. The fraction of sp³-hybridized carbons (Fsp3) is 0.176. The number of rotatable bonds is 4. The van der Waals surface area contributed by atoms with E-state index < -0.39 is 29.9 Å².